The maximum Gasteiger partial charge on any atom is 0.256 e. The Balaban J connectivity index is 1.67. The second-order valence-electron chi connectivity index (χ2n) is 5.71. The van der Waals surface area contributed by atoms with Crippen molar-refractivity contribution in [2.75, 3.05) is 25.4 Å². The van der Waals surface area contributed by atoms with Crippen LogP contribution in [0.4, 0.5) is 0 Å². The molecular formula is C19H22N2O4S2. The van der Waals surface area contributed by atoms with E-state index in [1.807, 2.05) is 44.2 Å². The number of hydrogen-bond donors (Lipinski definition) is 0. The first kappa shape index (κ1) is 19.7. The molecule has 144 valence electrons. The Hall–Kier alpha value is -2.03. The van der Waals surface area contributed by atoms with Crippen LogP contribution in [0.15, 0.2) is 63.1 Å². The highest BCUT2D eigenvalue weighted by Gasteiger charge is 2.22. The topological polar surface area (TPSA) is 72.6 Å². The first-order chi connectivity index (χ1) is 13.0. The molecule has 0 radical (unpaired) electrons. The number of sulfonamides is 1. The highest BCUT2D eigenvalue weighted by atomic mass is 32.2. The van der Waals surface area contributed by atoms with Crippen molar-refractivity contribution in [3.63, 3.8) is 0 Å². The summed E-state index contributed by atoms with van der Waals surface area (Å²) in [6.45, 7) is 5.02. The minimum absolute atomic E-state index is 0.232. The summed E-state index contributed by atoms with van der Waals surface area (Å²) in [6.07, 6.45) is 0. The van der Waals surface area contributed by atoms with Gasteiger partial charge in [0.2, 0.25) is 10.0 Å². The first-order valence-electron chi connectivity index (χ1n) is 8.76. The highest BCUT2D eigenvalue weighted by Crippen LogP contribution is 2.26. The van der Waals surface area contributed by atoms with Crippen molar-refractivity contribution in [3.8, 4) is 5.75 Å². The van der Waals surface area contributed by atoms with Crippen LogP contribution in [0.5, 0.6) is 5.75 Å². The number of aromatic nitrogens is 1. The maximum atomic E-state index is 12.6. The van der Waals surface area contributed by atoms with Crippen LogP contribution in [-0.2, 0) is 10.0 Å². The third-order valence-corrected chi connectivity index (χ3v) is 6.84. The molecule has 1 heterocycles. The number of nitrogens with zero attached hydrogens (tertiary/aromatic N) is 2. The molecule has 0 spiro atoms. The SMILES string of the molecule is CCN(CC)S(=O)(=O)c1ccc2oc(SCCOc3ccccc3)nc2c1. The molecule has 0 aliphatic rings. The van der Waals surface area contributed by atoms with Crippen molar-refractivity contribution in [1.29, 1.82) is 0 Å². The zero-order valence-corrected chi connectivity index (χ0v) is 16.9. The summed E-state index contributed by atoms with van der Waals surface area (Å²) in [5.74, 6) is 1.49. The Bertz CT molecular complexity index is 983. The Morgan fingerprint density at radius 3 is 2.56 bits per heavy atom. The maximum absolute atomic E-state index is 12.6. The molecule has 6 nitrogen and oxygen atoms in total. The van der Waals surface area contributed by atoms with Crippen LogP contribution in [-0.4, -0.2) is 43.2 Å². The number of benzene rings is 2. The number of hydrogen-bond acceptors (Lipinski definition) is 6. The van der Waals surface area contributed by atoms with E-state index in [0.29, 0.717) is 41.8 Å². The summed E-state index contributed by atoms with van der Waals surface area (Å²) in [5, 5.41) is 0.499. The lowest BCUT2D eigenvalue weighted by Gasteiger charge is -2.18. The van der Waals surface area contributed by atoms with Gasteiger partial charge < -0.3 is 9.15 Å². The molecule has 0 unspecified atom stereocenters. The second-order valence-corrected chi connectivity index (χ2v) is 8.69. The first-order valence-corrected chi connectivity index (χ1v) is 11.2. The van der Waals surface area contributed by atoms with Gasteiger partial charge in [0.1, 0.15) is 11.3 Å². The molecule has 27 heavy (non-hydrogen) atoms. The minimum Gasteiger partial charge on any atom is -0.493 e. The van der Waals surface area contributed by atoms with Gasteiger partial charge in [-0.05, 0) is 30.3 Å². The molecule has 3 aromatic rings. The Morgan fingerprint density at radius 1 is 1.11 bits per heavy atom. The van der Waals surface area contributed by atoms with Crippen LogP contribution in [0.3, 0.4) is 0 Å². The summed E-state index contributed by atoms with van der Waals surface area (Å²) in [4.78, 5) is 4.63. The lowest BCUT2D eigenvalue weighted by atomic mass is 10.3. The number of ether oxygens (including phenoxy) is 1. The quantitative estimate of drug-likeness (QED) is 0.395. The summed E-state index contributed by atoms with van der Waals surface area (Å²) >= 11 is 1.43. The van der Waals surface area contributed by atoms with Crippen LogP contribution < -0.4 is 4.74 Å². The van der Waals surface area contributed by atoms with Gasteiger partial charge in [0.05, 0.1) is 11.5 Å². The van der Waals surface area contributed by atoms with Crippen LogP contribution in [0, 0.1) is 0 Å². The molecular weight excluding hydrogens is 384 g/mol. The number of thioether (sulfide) groups is 1. The molecule has 8 heteroatoms. The molecule has 0 bridgehead atoms. The zero-order chi connectivity index (χ0) is 19.3. The van der Waals surface area contributed by atoms with Crippen molar-refractivity contribution in [3.05, 3.63) is 48.5 Å². The Labute approximate surface area is 163 Å². The van der Waals surface area contributed by atoms with E-state index in [2.05, 4.69) is 4.98 Å². The van der Waals surface area contributed by atoms with Crippen molar-refractivity contribution in [2.45, 2.75) is 24.0 Å². The predicted octanol–water partition coefficient (Wildman–Crippen LogP) is 4.03. The molecule has 3 rings (SSSR count). The van der Waals surface area contributed by atoms with Crippen molar-refractivity contribution in [2.24, 2.45) is 0 Å². The largest absolute Gasteiger partial charge is 0.493 e. The summed E-state index contributed by atoms with van der Waals surface area (Å²) in [6, 6.07) is 14.4. The van der Waals surface area contributed by atoms with E-state index >= 15 is 0 Å². The van der Waals surface area contributed by atoms with Gasteiger partial charge in [-0.3, -0.25) is 0 Å². The number of rotatable bonds is 9. The molecule has 2 aromatic carbocycles. The highest BCUT2D eigenvalue weighted by molar-refractivity contribution is 7.99. The number of fused-ring (bicyclic) bond motifs is 1. The van der Waals surface area contributed by atoms with Gasteiger partial charge in [-0.2, -0.15) is 4.31 Å². The van der Waals surface area contributed by atoms with Gasteiger partial charge in [0.15, 0.2) is 5.58 Å². The van der Waals surface area contributed by atoms with E-state index in [1.54, 1.807) is 18.2 Å². The average molecular weight is 407 g/mol. The van der Waals surface area contributed by atoms with Crippen LogP contribution in [0.1, 0.15) is 13.8 Å². The Morgan fingerprint density at radius 2 is 1.85 bits per heavy atom. The van der Waals surface area contributed by atoms with Gasteiger partial charge in [-0.1, -0.05) is 43.8 Å². The van der Waals surface area contributed by atoms with Crippen LogP contribution in [0.25, 0.3) is 11.1 Å². The van der Waals surface area contributed by atoms with E-state index in [9.17, 15) is 8.42 Å². The fourth-order valence-corrected chi connectivity index (χ4v) is 4.76. The average Bonchev–Trinajstić information content (AvgIpc) is 3.09. The van der Waals surface area contributed by atoms with Gasteiger partial charge in [0, 0.05) is 18.8 Å². The third-order valence-electron chi connectivity index (χ3n) is 4.00. The van der Waals surface area contributed by atoms with Gasteiger partial charge in [0.25, 0.3) is 5.22 Å². The fraction of sp³-hybridized carbons (Fsp3) is 0.316. The normalized spacial score (nSPS) is 12.0. The minimum atomic E-state index is -3.51. The van der Waals surface area contributed by atoms with Crippen molar-refractivity contribution in [1.82, 2.24) is 9.29 Å². The van der Waals surface area contributed by atoms with Crippen molar-refractivity contribution < 1.29 is 17.6 Å². The van der Waals surface area contributed by atoms with E-state index in [4.69, 9.17) is 9.15 Å². The van der Waals surface area contributed by atoms with E-state index in [-0.39, 0.29) is 4.90 Å². The molecule has 0 aliphatic carbocycles. The summed E-state index contributed by atoms with van der Waals surface area (Å²) in [7, 11) is -3.51. The molecule has 1 aromatic heterocycles. The summed E-state index contributed by atoms with van der Waals surface area (Å²) < 4.78 is 38.0. The van der Waals surface area contributed by atoms with Gasteiger partial charge >= 0.3 is 0 Å². The third kappa shape index (κ3) is 4.63. The lowest BCUT2D eigenvalue weighted by Crippen LogP contribution is -2.30. The van der Waals surface area contributed by atoms with E-state index in [0.717, 1.165) is 5.75 Å². The van der Waals surface area contributed by atoms with Crippen molar-refractivity contribution >= 4 is 32.9 Å². The molecule has 0 saturated carbocycles. The monoisotopic (exact) mass is 406 g/mol. The van der Waals surface area contributed by atoms with Crippen LogP contribution in [0.2, 0.25) is 0 Å². The number of para-hydroxylation sites is 1. The van der Waals surface area contributed by atoms with Gasteiger partial charge in [-0.25, -0.2) is 13.4 Å². The standard InChI is InChI=1S/C19H22N2O4S2/c1-3-21(4-2)27(22,23)16-10-11-18-17(14-16)20-19(25-18)26-13-12-24-15-8-6-5-7-9-15/h5-11,14H,3-4,12-13H2,1-2H3. The fourth-order valence-electron chi connectivity index (χ4n) is 2.63. The molecule has 0 fully saturated rings. The number of oxazole rings is 1. The smallest absolute Gasteiger partial charge is 0.256 e. The molecule has 0 saturated heterocycles. The molecule has 0 N–H and O–H groups in total. The molecule has 0 aliphatic heterocycles. The van der Waals surface area contributed by atoms with E-state index < -0.39 is 10.0 Å². The molecule has 0 amide bonds. The second kappa shape index (κ2) is 8.77. The lowest BCUT2D eigenvalue weighted by molar-refractivity contribution is 0.343. The summed E-state index contributed by atoms with van der Waals surface area (Å²) in [5.41, 5.74) is 1.11. The molecule has 0 atom stereocenters. The Kier molecular flexibility index (Phi) is 6.41. The predicted molar refractivity (Wildman–Crippen MR) is 107 cm³/mol. The zero-order valence-electron chi connectivity index (χ0n) is 15.3. The van der Waals surface area contributed by atoms with Gasteiger partial charge in [-0.15, -0.1) is 0 Å². The van der Waals surface area contributed by atoms with E-state index in [1.165, 1.54) is 16.1 Å². The van der Waals surface area contributed by atoms with Crippen LogP contribution >= 0.6 is 11.8 Å².